The molecule has 1 aromatic rings. The molecule has 1 fully saturated rings. The third kappa shape index (κ3) is 1.83. The average molecular weight is 194 g/mol. The number of ether oxygens (including phenoxy) is 1. The molecule has 0 spiro atoms. The second-order valence-corrected chi connectivity index (χ2v) is 3.15. The molecule has 1 radical (unpaired) electrons. The number of rotatable bonds is 3. The highest BCUT2D eigenvalue weighted by Gasteiger charge is 2.21. The maximum atomic E-state index is 11.0. The first-order chi connectivity index (χ1) is 6.92. The van der Waals surface area contributed by atoms with Crippen molar-refractivity contribution in [2.45, 2.75) is 6.17 Å². The zero-order valence-corrected chi connectivity index (χ0v) is 7.80. The topological polar surface area (TPSA) is 47.4 Å². The Kier molecular flexibility index (Phi) is 2.90. The van der Waals surface area contributed by atoms with Crippen LogP contribution in [-0.4, -0.2) is 47.0 Å². The maximum absolute atomic E-state index is 11.0. The van der Waals surface area contributed by atoms with E-state index in [0.29, 0.717) is 13.2 Å². The van der Waals surface area contributed by atoms with Gasteiger partial charge in [-0.25, -0.2) is 4.98 Å². The predicted molar refractivity (Wildman–Crippen MR) is 48.6 cm³/mol. The summed E-state index contributed by atoms with van der Waals surface area (Å²) in [4.78, 5) is 16.8. The molecule has 0 N–H and O–H groups in total. The van der Waals surface area contributed by atoms with Crippen molar-refractivity contribution in [1.29, 1.82) is 0 Å². The number of hydrogen-bond donors (Lipinski definition) is 0. The molecule has 1 unspecified atom stereocenters. The molecule has 1 atom stereocenters. The lowest BCUT2D eigenvalue weighted by atomic mass is 10.3. The van der Waals surface area contributed by atoms with Crippen molar-refractivity contribution in [3.05, 3.63) is 18.7 Å². The summed E-state index contributed by atoms with van der Waals surface area (Å²) in [5.74, 6) is 0. The Morgan fingerprint density at radius 2 is 2.29 bits per heavy atom. The Hall–Kier alpha value is -1.20. The summed E-state index contributed by atoms with van der Waals surface area (Å²) >= 11 is 0. The number of morpholine rings is 1. The molecular formula is C9H12N3O2. The van der Waals surface area contributed by atoms with Gasteiger partial charge in [0.05, 0.1) is 19.5 Å². The molecule has 0 aromatic carbocycles. The molecule has 2 rings (SSSR count). The average Bonchev–Trinajstić information content (AvgIpc) is 2.74. The van der Waals surface area contributed by atoms with Crippen LogP contribution >= 0.6 is 0 Å². The van der Waals surface area contributed by atoms with E-state index in [0.717, 1.165) is 19.4 Å². The Balaban J connectivity index is 2.08. The normalized spacial score (nSPS) is 20.6. The van der Waals surface area contributed by atoms with E-state index in [-0.39, 0.29) is 6.17 Å². The molecule has 5 heteroatoms. The number of carbonyl (C=O) groups excluding carboxylic acids is 1. The molecular weight excluding hydrogens is 182 g/mol. The van der Waals surface area contributed by atoms with Crippen LogP contribution in [0.2, 0.25) is 0 Å². The zero-order chi connectivity index (χ0) is 9.80. The quantitative estimate of drug-likeness (QED) is 0.620. The molecule has 1 saturated heterocycles. The molecule has 0 saturated carbocycles. The maximum Gasteiger partial charge on any atom is 0.157 e. The van der Waals surface area contributed by atoms with Crippen molar-refractivity contribution >= 4 is 6.29 Å². The fourth-order valence-electron chi connectivity index (χ4n) is 1.56. The molecule has 2 heterocycles. The molecule has 14 heavy (non-hydrogen) atoms. The van der Waals surface area contributed by atoms with E-state index in [9.17, 15) is 4.79 Å². The molecule has 75 valence electrons. The number of aromatic nitrogens is 2. The second-order valence-electron chi connectivity index (χ2n) is 3.15. The van der Waals surface area contributed by atoms with E-state index < -0.39 is 0 Å². The van der Waals surface area contributed by atoms with Gasteiger partial charge in [0.15, 0.2) is 6.29 Å². The van der Waals surface area contributed by atoms with E-state index in [1.165, 1.54) is 0 Å². The van der Waals surface area contributed by atoms with Crippen molar-refractivity contribution in [3.63, 3.8) is 0 Å². The lowest BCUT2D eigenvalue weighted by molar-refractivity contribution is -0.117. The van der Waals surface area contributed by atoms with Crippen molar-refractivity contribution in [3.8, 4) is 0 Å². The molecule has 0 amide bonds. The first-order valence-electron chi connectivity index (χ1n) is 4.58. The van der Waals surface area contributed by atoms with Crippen molar-refractivity contribution < 1.29 is 9.53 Å². The van der Waals surface area contributed by atoms with Gasteiger partial charge in [-0.15, -0.1) is 0 Å². The highest BCUT2D eigenvalue weighted by molar-refractivity contribution is 5.55. The van der Waals surface area contributed by atoms with Crippen LogP contribution in [0, 0.1) is 6.20 Å². The largest absolute Gasteiger partial charge is 0.379 e. The number of nitrogens with zero attached hydrogens (tertiary/aromatic N) is 3. The molecule has 0 aliphatic carbocycles. The third-order valence-corrected chi connectivity index (χ3v) is 2.32. The van der Waals surface area contributed by atoms with Gasteiger partial charge in [-0.3, -0.25) is 9.69 Å². The van der Waals surface area contributed by atoms with Gasteiger partial charge < -0.3 is 9.30 Å². The van der Waals surface area contributed by atoms with Crippen LogP contribution in [0.5, 0.6) is 0 Å². The molecule has 1 aliphatic rings. The Morgan fingerprint density at radius 3 is 2.86 bits per heavy atom. The van der Waals surface area contributed by atoms with Gasteiger partial charge in [-0.05, 0) is 0 Å². The van der Waals surface area contributed by atoms with Crippen LogP contribution in [0.1, 0.15) is 6.17 Å². The summed E-state index contributed by atoms with van der Waals surface area (Å²) in [6, 6.07) is 0. The van der Waals surface area contributed by atoms with Crippen LogP contribution in [-0.2, 0) is 9.53 Å². The lowest BCUT2D eigenvalue weighted by Crippen LogP contribution is -2.41. The number of aldehydes is 1. The first kappa shape index (κ1) is 9.36. The first-order valence-corrected chi connectivity index (χ1v) is 4.58. The van der Waals surface area contributed by atoms with Crippen LogP contribution in [0.25, 0.3) is 0 Å². The Bertz CT molecular complexity index is 280. The highest BCUT2D eigenvalue weighted by Crippen LogP contribution is 2.11. The van der Waals surface area contributed by atoms with E-state index in [1.807, 2.05) is 0 Å². The fourth-order valence-corrected chi connectivity index (χ4v) is 1.56. The van der Waals surface area contributed by atoms with E-state index in [2.05, 4.69) is 16.1 Å². The van der Waals surface area contributed by atoms with Crippen molar-refractivity contribution in [2.24, 2.45) is 0 Å². The standard InChI is InChI=1S/C9H12N3O2/c13-7-9(12-2-1-10-8-12)11-3-5-14-6-4-11/h2,7-9H,3-6H2. The summed E-state index contributed by atoms with van der Waals surface area (Å²) in [7, 11) is 0. The van der Waals surface area contributed by atoms with Crippen LogP contribution in [0.4, 0.5) is 0 Å². The van der Waals surface area contributed by atoms with E-state index >= 15 is 0 Å². The number of imidazole rings is 1. The predicted octanol–water partition coefficient (Wildman–Crippen LogP) is -0.287. The SMILES string of the molecule is O=CC(N1CCOCC1)n1c[c]nc1. The minimum absolute atomic E-state index is 0.266. The fraction of sp³-hybridized carbons (Fsp3) is 0.556. The molecule has 5 nitrogen and oxygen atoms in total. The second kappa shape index (κ2) is 4.34. The van der Waals surface area contributed by atoms with Gasteiger partial charge in [0.2, 0.25) is 0 Å². The van der Waals surface area contributed by atoms with Gasteiger partial charge in [0, 0.05) is 19.3 Å². The lowest BCUT2D eigenvalue weighted by Gasteiger charge is -2.31. The summed E-state index contributed by atoms with van der Waals surface area (Å²) in [5, 5.41) is 0. The highest BCUT2D eigenvalue weighted by atomic mass is 16.5. The van der Waals surface area contributed by atoms with Gasteiger partial charge in [0.1, 0.15) is 12.4 Å². The van der Waals surface area contributed by atoms with Crippen LogP contribution in [0.15, 0.2) is 12.5 Å². The number of hydrogen-bond acceptors (Lipinski definition) is 4. The van der Waals surface area contributed by atoms with Gasteiger partial charge in [-0.2, -0.15) is 0 Å². The van der Waals surface area contributed by atoms with E-state index in [1.54, 1.807) is 17.1 Å². The Labute approximate surface area is 82.3 Å². The summed E-state index contributed by atoms with van der Waals surface area (Å²) < 4.78 is 6.97. The monoisotopic (exact) mass is 194 g/mol. The van der Waals surface area contributed by atoms with Crippen LogP contribution < -0.4 is 0 Å². The minimum Gasteiger partial charge on any atom is -0.379 e. The van der Waals surface area contributed by atoms with Crippen molar-refractivity contribution in [2.75, 3.05) is 26.3 Å². The molecule has 1 aromatic heterocycles. The van der Waals surface area contributed by atoms with Gasteiger partial charge in [0.25, 0.3) is 0 Å². The summed E-state index contributed by atoms with van der Waals surface area (Å²) in [6.07, 6.45) is 6.61. The smallest absolute Gasteiger partial charge is 0.157 e. The van der Waals surface area contributed by atoms with Crippen LogP contribution in [0.3, 0.4) is 0 Å². The summed E-state index contributed by atoms with van der Waals surface area (Å²) in [6.45, 7) is 2.93. The number of carbonyl (C=O) groups is 1. The van der Waals surface area contributed by atoms with Crippen molar-refractivity contribution in [1.82, 2.24) is 14.5 Å². The Morgan fingerprint density at radius 1 is 1.50 bits per heavy atom. The molecule has 1 aliphatic heterocycles. The van der Waals surface area contributed by atoms with Gasteiger partial charge >= 0.3 is 0 Å². The van der Waals surface area contributed by atoms with E-state index in [4.69, 9.17) is 4.74 Å². The zero-order valence-electron chi connectivity index (χ0n) is 7.80. The minimum atomic E-state index is -0.266. The molecule has 0 bridgehead atoms. The summed E-state index contributed by atoms with van der Waals surface area (Å²) in [5.41, 5.74) is 0. The third-order valence-electron chi connectivity index (χ3n) is 2.32. The van der Waals surface area contributed by atoms with Gasteiger partial charge in [-0.1, -0.05) is 0 Å².